The third-order valence-electron chi connectivity index (χ3n) is 7.93. The largest absolute Gasteiger partial charge is 0.457 e. The summed E-state index contributed by atoms with van der Waals surface area (Å²) in [5, 5.41) is 0.642. The van der Waals surface area contributed by atoms with Crippen molar-refractivity contribution in [3.05, 3.63) is 33.8 Å². The lowest BCUT2D eigenvalue weighted by Gasteiger charge is -2.33. The minimum absolute atomic E-state index is 0.0173. The molecule has 0 aromatic heterocycles. The zero-order valence-corrected chi connectivity index (χ0v) is 19.1. The summed E-state index contributed by atoms with van der Waals surface area (Å²) < 4.78 is 5.26. The maximum atomic E-state index is 13.0. The van der Waals surface area contributed by atoms with Crippen molar-refractivity contribution >= 4 is 46.8 Å². The minimum atomic E-state index is -0.420. The number of esters is 1. The molecule has 0 unspecified atom stereocenters. The van der Waals surface area contributed by atoms with Crippen LogP contribution in [0.4, 0.5) is 0 Å². The van der Waals surface area contributed by atoms with Crippen LogP contribution in [0.2, 0.25) is 10.0 Å². The number of likely N-dealkylation sites (tertiary alicyclic amines) is 1. The van der Waals surface area contributed by atoms with E-state index in [4.69, 9.17) is 27.9 Å². The van der Waals surface area contributed by atoms with Crippen LogP contribution in [0.25, 0.3) is 0 Å². The number of imide groups is 1. The van der Waals surface area contributed by atoms with E-state index in [0.717, 1.165) is 19.3 Å². The van der Waals surface area contributed by atoms with Gasteiger partial charge in [0.1, 0.15) is 0 Å². The molecular formula is C24H25Cl2NO5. The molecule has 0 radical (unpaired) electrons. The molecule has 6 nitrogen and oxygen atoms in total. The molecule has 32 heavy (non-hydrogen) atoms. The summed E-state index contributed by atoms with van der Waals surface area (Å²) in [4.78, 5) is 52.4. The Morgan fingerprint density at radius 1 is 0.938 bits per heavy atom. The highest BCUT2D eigenvalue weighted by Crippen LogP contribution is 2.56. The lowest BCUT2D eigenvalue weighted by Crippen LogP contribution is -2.44. The highest BCUT2D eigenvalue weighted by Gasteiger charge is 2.61. The summed E-state index contributed by atoms with van der Waals surface area (Å²) in [7, 11) is 0. The number of amides is 2. The van der Waals surface area contributed by atoms with Crippen LogP contribution in [0.3, 0.4) is 0 Å². The second kappa shape index (κ2) is 8.45. The Morgan fingerprint density at radius 3 is 2.16 bits per heavy atom. The summed E-state index contributed by atoms with van der Waals surface area (Å²) in [5.41, 5.74) is 0.262. The molecule has 4 aliphatic rings. The SMILES string of the molecule is O=C(COC(=O)C1CCC(N2C(=O)[C@@H]3[C@@H]4CC[C@H](C4)[C@@H]3C2=O)CC1)c1ccc(Cl)cc1Cl. The van der Waals surface area contributed by atoms with Crippen LogP contribution < -0.4 is 0 Å². The Balaban J connectivity index is 1.14. The van der Waals surface area contributed by atoms with E-state index in [-0.39, 0.29) is 58.6 Å². The topological polar surface area (TPSA) is 80.8 Å². The molecule has 1 aromatic carbocycles. The molecule has 3 aliphatic carbocycles. The van der Waals surface area contributed by atoms with Gasteiger partial charge in [0.25, 0.3) is 0 Å². The predicted molar refractivity (Wildman–Crippen MR) is 117 cm³/mol. The fourth-order valence-corrected chi connectivity index (χ4v) is 6.92. The third-order valence-corrected chi connectivity index (χ3v) is 8.48. The van der Waals surface area contributed by atoms with Crippen LogP contribution >= 0.6 is 23.2 Å². The molecule has 1 aliphatic heterocycles. The fraction of sp³-hybridized carbons (Fsp3) is 0.583. The quantitative estimate of drug-likeness (QED) is 0.358. The molecule has 170 valence electrons. The average Bonchev–Trinajstić information content (AvgIpc) is 3.46. The van der Waals surface area contributed by atoms with E-state index in [2.05, 4.69) is 0 Å². The summed E-state index contributed by atoms with van der Waals surface area (Å²) in [6.07, 6.45) is 5.44. The number of carbonyl (C=O) groups is 4. The number of rotatable bonds is 5. The average molecular weight is 478 g/mol. The van der Waals surface area contributed by atoms with Crippen LogP contribution in [0.5, 0.6) is 0 Å². The standard InChI is InChI=1S/C24H25Cl2NO5/c25-15-5-8-17(18(26)10-15)19(28)11-32-24(31)12-3-6-16(7-4-12)27-22(29)20-13-1-2-14(9-13)21(20)23(27)30/h5,8,10,12-14,16,20-21H,1-4,6-7,9,11H2/t12?,13-,14-,16?,20-,21+/m1/s1. The van der Waals surface area contributed by atoms with Gasteiger partial charge in [-0.25, -0.2) is 0 Å². The normalized spacial score (nSPS) is 33.5. The number of hydrogen-bond donors (Lipinski definition) is 0. The molecule has 8 heteroatoms. The van der Waals surface area contributed by atoms with E-state index < -0.39 is 5.97 Å². The summed E-state index contributed by atoms with van der Waals surface area (Å²) in [5.74, 6) is -0.548. The van der Waals surface area contributed by atoms with Gasteiger partial charge in [-0.2, -0.15) is 0 Å². The van der Waals surface area contributed by atoms with Crippen LogP contribution in [0, 0.1) is 29.6 Å². The van der Waals surface area contributed by atoms with E-state index >= 15 is 0 Å². The van der Waals surface area contributed by atoms with Gasteiger partial charge >= 0.3 is 5.97 Å². The maximum absolute atomic E-state index is 13.0. The first-order valence-electron chi connectivity index (χ1n) is 11.4. The summed E-state index contributed by atoms with van der Waals surface area (Å²) >= 11 is 11.9. The molecule has 2 bridgehead atoms. The van der Waals surface area contributed by atoms with Gasteiger partial charge in [0.15, 0.2) is 6.61 Å². The molecule has 2 amide bonds. The Hall–Kier alpha value is -1.92. The van der Waals surface area contributed by atoms with Crippen molar-refractivity contribution in [1.82, 2.24) is 4.90 Å². The van der Waals surface area contributed by atoms with E-state index in [1.54, 1.807) is 6.07 Å². The predicted octanol–water partition coefficient (Wildman–Crippen LogP) is 4.31. The summed E-state index contributed by atoms with van der Waals surface area (Å²) in [6, 6.07) is 4.42. The van der Waals surface area contributed by atoms with Gasteiger partial charge < -0.3 is 4.74 Å². The minimum Gasteiger partial charge on any atom is -0.457 e. The first-order chi connectivity index (χ1) is 15.3. The number of Topliss-reactive ketones (excluding diaryl/α,β-unsaturated/α-hetero) is 1. The van der Waals surface area contributed by atoms with Crippen LogP contribution in [0.1, 0.15) is 55.3 Å². The number of hydrogen-bond acceptors (Lipinski definition) is 5. The van der Waals surface area contributed by atoms with Gasteiger partial charge in [0.2, 0.25) is 17.6 Å². The van der Waals surface area contributed by atoms with Gasteiger partial charge in [-0.05, 0) is 75.0 Å². The van der Waals surface area contributed by atoms with Crippen molar-refractivity contribution in [3.8, 4) is 0 Å². The molecule has 1 heterocycles. The van der Waals surface area contributed by atoms with Crippen molar-refractivity contribution in [2.75, 3.05) is 6.61 Å². The van der Waals surface area contributed by atoms with Crippen molar-refractivity contribution in [3.63, 3.8) is 0 Å². The summed E-state index contributed by atoms with van der Waals surface area (Å²) in [6.45, 7) is -0.380. The first-order valence-corrected chi connectivity index (χ1v) is 12.1. The monoisotopic (exact) mass is 477 g/mol. The van der Waals surface area contributed by atoms with Gasteiger partial charge in [-0.3, -0.25) is 24.1 Å². The maximum Gasteiger partial charge on any atom is 0.309 e. The van der Waals surface area contributed by atoms with Crippen molar-refractivity contribution < 1.29 is 23.9 Å². The lowest BCUT2D eigenvalue weighted by molar-refractivity contribution is -0.149. The van der Waals surface area contributed by atoms with Crippen molar-refractivity contribution in [1.29, 1.82) is 0 Å². The smallest absolute Gasteiger partial charge is 0.309 e. The molecule has 4 fully saturated rings. The molecule has 1 saturated heterocycles. The zero-order chi connectivity index (χ0) is 22.6. The van der Waals surface area contributed by atoms with E-state index in [0.29, 0.717) is 42.5 Å². The zero-order valence-electron chi connectivity index (χ0n) is 17.6. The van der Waals surface area contributed by atoms with E-state index in [9.17, 15) is 19.2 Å². The fourth-order valence-electron chi connectivity index (χ4n) is 6.41. The Bertz CT molecular complexity index is 959. The van der Waals surface area contributed by atoms with E-state index in [1.807, 2.05) is 0 Å². The van der Waals surface area contributed by atoms with Gasteiger partial charge in [-0.1, -0.05) is 23.2 Å². The van der Waals surface area contributed by atoms with Gasteiger partial charge in [0.05, 0.1) is 22.8 Å². The van der Waals surface area contributed by atoms with Crippen LogP contribution in [0.15, 0.2) is 18.2 Å². The number of carbonyl (C=O) groups excluding carboxylic acids is 4. The van der Waals surface area contributed by atoms with Crippen molar-refractivity contribution in [2.24, 2.45) is 29.6 Å². The lowest BCUT2D eigenvalue weighted by atomic mass is 9.81. The number of nitrogens with zero attached hydrogens (tertiary/aromatic N) is 1. The van der Waals surface area contributed by atoms with Crippen LogP contribution in [-0.2, 0) is 19.1 Å². The highest BCUT2D eigenvalue weighted by atomic mass is 35.5. The highest BCUT2D eigenvalue weighted by molar-refractivity contribution is 6.36. The van der Waals surface area contributed by atoms with Gasteiger partial charge in [-0.15, -0.1) is 0 Å². The third kappa shape index (κ3) is 3.65. The second-order valence-electron chi connectivity index (χ2n) is 9.59. The molecule has 0 spiro atoms. The molecule has 4 atom stereocenters. The Kier molecular flexibility index (Phi) is 5.79. The molecule has 3 saturated carbocycles. The van der Waals surface area contributed by atoms with Crippen LogP contribution in [-0.4, -0.2) is 41.1 Å². The molecule has 5 rings (SSSR count). The number of halogens is 2. The number of ketones is 1. The van der Waals surface area contributed by atoms with Gasteiger partial charge in [0, 0.05) is 16.6 Å². The van der Waals surface area contributed by atoms with E-state index in [1.165, 1.54) is 17.0 Å². The Morgan fingerprint density at radius 2 is 1.56 bits per heavy atom. The first kappa shape index (κ1) is 21.9. The molecular weight excluding hydrogens is 453 g/mol. The molecule has 0 N–H and O–H groups in total. The second-order valence-corrected chi connectivity index (χ2v) is 10.4. The number of fused-ring (bicyclic) bond motifs is 5. The molecule has 1 aromatic rings. The number of benzene rings is 1. The van der Waals surface area contributed by atoms with Crippen molar-refractivity contribution in [2.45, 2.75) is 51.0 Å². The Labute approximate surface area is 196 Å². The number of ether oxygens (including phenoxy) is 1.